The number of hydrogen-bond acceptors (Lipinski definition) is 2. The van der Waals surface area contributed by atoms with E-state index < -0.39 is 0 Å². The van der Waals surface area contributed by atoms with Crippen LogP contribution in [0.25, 0.3) is 98.8 Å². The van der Waals surface area contributed by atoms with Gasteiger partial charge in [0.1, 0.15) is 0 Å². The van der Waals surface area contributed by atoms with Crippen LogP contribution in [0.2, 0.25) is 0 Å². The lowest BCUT2D eigenvalue weighted by atomic mass is 9.86. The molecule has 1 aliphatic heterocycles. The summed E-state index contributed by atoms with van der Waals surface area (Å²) < 4.78 is 2.39. The highest BCUT2D eigenvalue weighted by molar-refractivity contribution is 6.23. The number of rotatable bonds is 8. The molecule has 0 N–H and O–H groups in total. The predicted molar refractivity (Wildman–Crippen MR) is 325 cm³/mol. The molecule has 2 heterocycles. The molecule has 0 spiro atoms. The van der Waals surface area contributed by atoms with Gasteiger partial charge in [0.05, 0.1) is 16.7 Å². The number of aromatic nitrogens is 1. The zero-order valence-electron chi connectivity index (χ0n) is 41.9. The van der Waals surface area contributed by atoms with Crippen LogP contribution in [-0.4, -0.2) is 11.1 Å². The van der Waals surface area contributed by atoms with Crippen molar-refractivity contribution in [3.05, 3.63) is 297 Å². The average molecular weight is 970 g/mol. The highest BCUT2D eigenvalue weighted by Gasteiger charge is 2.24. The molecule has 0 saturated carbocycles. The van der Waals surface area contributed by atoms with Gasteiger partial charge in [-0.05, 0) is 158 Å². The molecule has 0 saturated heterocycles. The van der Waals surface area contributed by atoms with E-state index in [4.69, 9.17) is 0 Å². The average Bonchev–Trinajstić information content (AvgIpc) is 3.88. The summed E-state index contributed by atoms with van der Waals surface area (Å²) in [6.45, 7) is 5.40. The monoisotopic (exact) mass is 969 g/mol. The molecule has 3 heteroatoms. The lowest BCUT2D eigenvalue weighted by molar-refractivity contribution is 1.09. The topological polar surface area (TPSA) is 11.4 Å². The van der Waals surface area contributed by atoms with Crippen molar-refractivity contribution in [2.75, 3.05) is 16.3 Å². The quantitative estimate of drug-likeness (QED) is 0.141. The second kappa shape index (κ2) is 18.8. The molecule has 0 atom stereocenters. The summed E-state index contributed by atoms with van der Waals surface area (Å²) in [7, 11) is 0. The minimum Gasteiger partial charge on any atom is -0.337 e. The van der Waals surface area contributed by atoms with E-state index in [-0.39, 0.29) is 0 Å². The molecule has 76 heavy (non-hydrogen) atoms. The van der Waals surface area contributed by atoms with Gasteiger partial charge in [-0.3, -0.25) is 0 Å². The maximum Gasteiger partial charge on any atom is 0.0618 e. The molecule has 0 unspecified atom stereocenters. The van der Waals surface area contributed by atoms with E-state index in [9.17, 15) is 0 Å². The van der Waals surface area contributed by atoms with Gasteiger partial charge in [-0.2, -0.15) is 0 Å². The normalized spacial score (nSPS) is 13.4. The zero-order chi connectivity index (χ0) is 50.5. The Morgan fingerprint density at radius 3 is 1.66 bits per heavy atom. The summed E-state index contributed by atoms with van der Waals surface area (Å²) in [5.74, 6) is 0. The van der Waals surface area contributed by atoms with Gasteiger partial charge in [0.25, 0.3) is 0 Å². The standard InChI is InChI=1S/C73H51N3/c1-50-22-6-5-21-43-74(58-25-7-2-8-26-58)69-41-38-53(48-67(50)69)55-44-56(54-39-42-71-68(49-54)62-31-19-20-36-70(62)76(71)60-29-11-4-12-30-60)46-57(45-55)72-63-32-15-17-34-65(63)73(66-35-18-16-33-64(66)72)75(59-27-9-3-10-28-59)61-40-37-51-23-13-14-24-52(51)47-61/h2-42,44-49H,1,43H2/b21-5-,22-6-. The van der Waals surface area contributed by atoms with Gasteiger partial charge in [0, 0.05) is 62.1 Å². The van der Waals surface area contributed by atoms with E-state index in [1.807, 2.05) is 0 Å². The Balaban J connectivity index is 1.03. The molecule has 0 bridgehead atoms. The number of allylic oxidation sites excluding steroid dienone is 4. The van der Waals surface area contributed by atoms with Crippen molar-refractivity contribution in [2.24, 2.45) is 0 Å². The van der Waals surface area contributed by atoms with Crippen LogP contribution in [0, 0.1) is 0 Å². The number of para-hydroxylation sites is 4. The first-order chi connectivity index (χ1) is 37.6. The van der Waals surface area contributed by atoms with Crippen molar-refractivity contribution in [3.63, 3.8) is 0 Å². The second-order valence-corrected chi connectivity index (χ2v) is 19.7. The van der Waals surface area contributed by atoms with Gasteiger partial charge in [-0.1, -0.05) is 195 Å². The SMILES string of the molecule is C=C1/C=C\C=C/CN(c2ccccc2)c2ccc(-c3cc(-c4ccc5c(c4)c4ccccc4n5-c4ccccc4)cc(-c4c5ccccc5c(N(c5ccccc5)c5ccc6ccccc6c5)c5ccccc45)c3)cc21. The Labute approximate surface area is 443 Å². The highest BCUT2D eigenvalue weighted by Crippen LogP contribution is 2.50. The fourth-order valence-electron chi connectivity index (χ4n) is 11.7. The molecule has 13 aromatic rings. The molecule has 1 aromatic heterocycles. The van der Waals surface area contributed by atoms with Crippen LogP contribution in [0.1, 0.15) is 5.56 Å². The van der Waals surface area contributed by atoms with Gasteiger partial charge >= 0.3 is 0 Å². The maximum absolute atomic E-state index is 4.67. The van der Waals surface area contributed by atoms with Crippen LogP contribution in [0.4, 0.5) is 28.4 Å². The van der Waals surface area contributed by atoms with Gasteiger partial charge < -0.3 is 14.4 Å². The van der Waals surface area contributed by atoms with Gasteiger partial charge in [0.2, 0.25) is 0 Å². The third kappa shape index (κ3) is 7.76. The van der Waals surface area contributed by atoms with Crippen LogP contribution in [0.5, 0.6) is 0 Å². The number of hydrogen-bond donors (Lipinski definition) is 0. The summed E-state index contributed by atoms with van der Waals surface area (Å²) in [6.07, 6.45) is 8.58. The Morgan fingerprint density at radius 2 is 0.934 bits per heavy atom. The summed E-state index contributed by atoms with van der Waals surface area (Å²) in [6, 6.07) is 95.7. The van der Waals surface area contributed by atoms with Crippen LogP contribution in [-0.2, 0) is 0 Å². The minimum atomic E-state index is 0.732. The van der Waals surface area contributed by atoms with Crippen molar-refractivity contribution >= 4 is 88.1 Å². The molecule has 0 aliphatic carbocycles. The first-order valence-electron chi connectivity index (χ1n) is 26.1. The second-order valence-electron chi connectivity index (χ2n) is 19.7. The summed E-state index contributed by atoms with van der Waals surface area (Å²) >= 11 is 0. The molecule has 358 valence electrons. The summed E-state index contributed by atoms with van der Waals surface area (Å²) in [5, 5.41) is 9.56. The summed E-state index contributed by atoms with van der Waals surface area (Å²) in [4.78, 5) is 4.84. The van der Waals surface area contributed by atoms with Crippen molar-refractivity contribution in [1.29, 1.82) is 0 Å². The van der Waals surface area contributed by atoms with Gasteiger partial charge in [0.15, 0.2) is 0 Å². The molecule has 14 rings (SSSR count). The minimum absolute atomic E-state index is 0.732. The van der Waals surface area contributed by atoms with Crippen molar-refractivity contribution < 1.29 is 0 Å². The highest BCUT2D eigenvalue weighted by atomic mass is 15.1. The first kappa shape index (κ1) is 44.7. The summed E-state index contributed by atoms with van der Waals surface area (Å²) in [5.41, 5.74) is 18.1. The molecule has 0 amide bonds. The van der Waals surface area contributed by atoms with E-state index in [0.717, 1.165) is 79.6 Å². The van der Waals surface area contributed by atoms with Crippen molar-refractivity contribution in [2.45, 2.75) is 0 Å². The largest absolute Gasteiger partial charge is 0.337 e. The van der Waals surface area contributed by atoms with E-state index in [0.29, 0.717) is 0 Å². The lowest BCUT2D eigenvalue weighted by Crippen LogP contribution is -2.18. The van der Waals surface area contributed by atoms with Crippen LogP contribution >= 0.6 is 0 Å². The third-order valence-electron chi connectivity index (χ3n) is 15.2. The number of benzene rings is 12. The molecule has 0 radical (unpaired) electrons. The lowest BCUT2D eigenvalue weighted by Gasteiger charge is -2.30. The Morgan fingerprint density at radius 1 is 0.368 bits per heavy atom. The number of fused-ring (bicyclic) bond motifs is 7. The maximum atomic E-state index is 4.67. The molecule has 12 aromatic carbocycles. The molecular formula is C73H51N3. The van der Waals surface area contributed by atoms with E-state index in [2.05, 4.69) is 306 Å². The van der Waals surface area contributed by atoms with Crippen LogP contribution in [0.15, 0.2) is 292 Å². The zero-order valence-corrected chi connectivity index (χ0v) is 41.9. The Hall–Kier alpha value is -9.96. The molecule has 0 fully saturated rings. The van der Waals surface area contributed by atoms with E-state index in [1.54, 1.807) is 0 Å². The van der Waals surface area contributed by atoms with Crippen molar-refractivity contribution in [3.8, 4) is 39.1 Å². The fraction of sp³-hybridized carbons (Fsp3) is 0.0137. The predicted octanol–water partition coefficient (Wildman–Crippen LogP) is 20.0. The molecule has 1 aliphatic rings. The van der Waals surface area contributed by atoms with Gasteiger partial charge in [-0.25, -0.2) is 0 Å². The molecular weight excluding hydrogens is 919 g/mol. The number of nitrogens with zero attached hydrogens (tertiary/aromatic N) is 3. The molecule has 3 nitrogen and oxygen atoms in total. The van der Waals surface area contributed by atoms with E-state index in [1.165, 1.54) is 59.7 Å². The van der Waals surface area contributed by atoms with Crippen molar-refractivity contribution in [1.82, 2.24) is 4.57 Å². The Kier molecular flexibility index (Phi) is 11.1. The van der Waals surface area contributed by atoms with E-state index >= 15 is 0 Å². The smallest absolute Gasteiger partial charge is 0.0618 e. The number of anilines is 5. The van der Waals surface area contributed by atoms with Gasteiger partial charge in [-0.15, -0.1) is 0 Å². The Bertz CT molecular complexity index is 4390. The van der Waals surface area contributed by atoms with Crippen LogP contribution in [0.3, 0.4) is 0 Å². The third-order valence-corrected chi connectivity index (χ3v) is 15.2. The van der Waals surface area contributed by atoms with Crippen LogP contribution < -0.4 is 9.80 Å². The first-order valence-corrected chi connectivity index (χ1v) is 26.1. The fourth-order valence-corrected chi connectivity index (χ4v) is 11.7.